The molecule has 30 heavy (non-hydrogen) atoms. The van der Waals surface area contributed by atoms with E-state index in [4.69, 9.17) is 17.3 Å². The Kier molecular flexibility index (Phi) is 6.18. The summed E-state index contributed by atoms with van der Waals surface area (Å²) in [6.45, 7) is 1.49. The van der Waals surface area contributed by atoms with E-state index in [2.05, 4.69) is 5.32 Å². The monoisotopic (exact) mass is 446 g/mol. The Morgan fingerprint density at radius 1 is 1.23 bits per heavy atom. The summed E-state index contributed by atoms with van der Waals surface area (Å²) >= 11 is 6.27. The number of amides is 2. The van der Waals surface area contributed by atoms with Gasteiger partial charge in [0.15, 0.2) is 0 Å². The molecule has 2 aromatic rings. The molecule has 1 aliphatic rings. The minimum Gasteiger partial charge on any atom is -0.507 e. The molecule has 0 aliphatic carbocycles. The second kappa shape index (κ2) is 8.64. The number of anilines is 1. The van der Waals surface area contributed by atoms with E-state index >= 15 is 0 Å². The van der Waals surface area contributed by atoms with Crippen LogP contribution in [0, 0.1) is 5.82 Å². The van der Waals surface area contributed by atoms with Crippen LogP contribution in [0.1, 0.15) is 22.8 Å². The Morgan fingerprint density at radius 3 is 2.53 bits per heavy atom. The predicted octanol–water partition coefficient (Wildman–Crippen LogP) is 3.46. The molecule has 1 unspecified atom stereocenters. The summed E-state index contributed by atoms with van der Waals surface area (Å²) in [7, 11) is 0. The minimum atomic E-state index is -1.35. The third-order valence-electron chi connectivity index (χ3n) is 4.25. The maximum Gasteiger partial charge on any atom is 0.339 e. The van der Waals surface area contributed by atoms with Crippen LogP contribution in [0.2, 0.25) is 0 Å². The van der Waals surface area contributed by atoms with Gasteiger partial charge >= 0.3 is 5.97 Å². The van der Waals surface area contributed by atoms with Crippen LogP contribution in [0.4, 0.5) is 10.1 Å². The quantitative estimate of drug-likeness (QED) is 0.367. The second-order valence-corrected chi connectivity index (χ2v) is 7.98. The third-order valence-corrected chi connectivity index (χ3v) is 5.58. The Hall–Kier alpha value is -3.24. The fourth-order valence-electron chi connectivity index (χ4n) is 2.67. The lowest BCUT2D eigenvalue weighted by Crippen LogP contribution is -2.44. The predicted molar refractivity (Wildman–Crippen MR) is 115 cm³/mol. The molecule has 0 bridgehead atoms. The van der Waals surface area contributed by atoms with Gasteiger partial charge in [0, 0.05) is 5.69 Å². The SMILES string of the molecule is CC(C(=O)Nc1ccc(O)c(C(=O)O)c1)N1C(=O)C(=Cc2ccc(F)cc2)SC1=S. The third kappa shape index (κ3) is 4.50. The fourth-order valence-corrected chi connectivity index (χ4v) is 4.09. The zero-order valence-electron chi connectivity index (χ0n) is 15.5. The number of carboxylic acid groups (broad SMARTS) is 1. The molecule has 0 radical (unpaired) electrons. The Balaban J connectivity index is 1.76. The first-order valence-corrected chi connectivity index (χ1v) is 9.79. The molecular formula is C20H15FN2O5S2. The second-order valence-electron chi connectivity index (χ2n) is 6.31. The summed E-state index contributed by atoms with van der Waals surface area (Å²) in [5.41, 5.74) is 0.391. The molecule has 1 saturated heterocycles. The standard InChI is InChI=1S/C20H15FN2O5S2/c1-10(17(25)22-13-6-7-15(24)14(9-13)19(27)28)23-18(26)16(30-20(23)29)8-11-2-4-12(21)5-3-11/h2-10,24H,1H3,(H,22,25)(H,27,28). The van der Waals surface area contributed by atoms with Crippen LogP contribution >= 0.6 is 24.0 Å². The lowest BCUT2D eigenvalue weighted by atomic mass is 10.1. The number of nitrogens with zero attached hydrogens (tertiary/aromatic N) is 1. The molecule has 7 nitrogen and oxygen atoms in total. The van der Waals surface area contributed by atoms with Crippen LogP contribution in [0.3, 0.4) is 0 Å². The normalized spacial score (nSPS) is 16.1. The number of thiocarbonyl (C=S) groups is 1. The number of rotatable bonds is 5. The number of halogens is 1. The summed E-state index contributed by atoms with van der Waals surface area (Å²) in [4.78, 5) is 37.9. The van der Waals surface area contributed by atoms with Crippen molar-refractivity contribution >= 4 is 57.8 Å². The van der Waals surface area contributed by atoms with Crippen molar-refractivity contribution in [1.82, 2.24) is 4.90 Å². The van der Waals surface area contributed by atoms with Crippen LogP contribution in [0.25, 0.3) is 6.08 Å². The summed E-state index contributed by atoms with van der Waals surface area (Å²) in [6, 6.07) is 8.20. The average Bonchev–Trinajstić information content (AvgIpc) is 2.97. The lowest BCUT2D eigenvalue weighted by molar-refractivity contribution is -0.129. The van der Waals surface area contributed by atoms with E-state index in [0.717, 1.165) is 28.8 Å². The number of nitrogens with one attached hydrogen (secondary N) is 1. The van der Waals surface area contributed by atoms with Gasteiger partial charge in [0.25, 0.3) is 5.91 Å². The summed E-state index contributed by atoms with van der Waals surface area (Å²) in [5.74, 6) is -3.23. The maximum absolute atomic E-state index is 13.1. The van der Waals surface area contributed by atoms with E-state index in [9.17, 15) is 23.9 Å². The molecular weight excluding hydrogens is 431 g/mol. The highest BCUT2D eigenvalue weighted by atomic mass is 32.2. The van der Waals surface area contributed by atoms with E-state index in [0.29, 0.717) is 10.5 Å². The molecule has 0 aromatic heterocycles. The number of carbonyl (C=O) groups is 3. The first-order chi connectivity index (χ1) is 14.2. The molecule has 1 aliphatic heterocycles. The van der Waals surface area contributed by atoms with Crippen LogP contribution in [0.15, 0.2) is 47.4 Å². The average molecular weight is 446 g/mol. The number of aromatic carboxylic acids is 1. The maximum atomic E-state index is 13.1. The molecule has 3 rings (SSSR count). The number of hydrogen-bond donors (Lipinski definition) is 3. The number of hydrogen-bond acceptors (Lipinski definition) is 6. The van der Waals surface area contributed by atoms with Gasteiger partial charge in [-0.2, -0.15) is 0 Å². The summed E-state index contributed by atoms with van der Waals surface area (Å²) in [6.07, 6.45) is 1.56. The first-order valence-electron chi connectivity index (χ1n) is 8.57. The van der Waals surface area contributed by atoms with Gasteiger partial charge in [0.1, 0.15) is 27.5 Å². The zero-order chi connectivity index (χ0) is 22.0. The van der Waals surface area contributed by atoms with Crippen LogP contribution in [-0.4, -0.2) is 43.3 Å². The smallest absolute Gasteiger partial charge is 0.339 e. The van der Waals surface area contributed by atoms with Gasteiger partial charge in [-0.05, 0) is 48.9 Å². The van der Waals surface area contributed by atoms with Gasteiger partial charge in [0.2, 0.25) is 5.91 Å². The minimum absolute atomic E-state index is 0.148. The highest BCUT2D eigenvalue weighted by Gasteiger charge is 2.38. The van der Waals surface area contributed by atoms with Crippen molar-refractivity contribution in [2.75, 3.05) is 5.32 Å². The summed E-state index contributed by atoms with van der Waals surface area (Å²) in [5, 5.41) is 21.1. The number of benzene rings is 2. The highest BCUT2D eigenvalue weighted by Crippen LogP contribution is 2.34. The molecule has 0 spiro atoms. The molecule has 10 heteroatoms. The van der Waals surface area contributed by atoms with Crippen LogP contribution in [0.5, 0.6) is 5.75 Å². The van der Waals surface area contributed by atoms with Gasteiger partial charge in [-0.15, -0.1) is 0 Å². The topological polar surface area (TPSA) is 107 Å². The van der Waals surface area contributed by atoms with E-state index in [1.54, 1.807) is 6.08 Å². The van der Waals surface area contributed by atoms with Gasteiger partial charge in [0.05, 0.1) is 4.91 Å². The molecule has 1 atom stereocenters. The van der Waals surface area contributed by atoms with Gasteiger partial charge in [-0.1, -0.05) is 36.1 Å². The van der Waals surface area contributed by atoms with Crippen LogP contribution < -0.4 is 5.32 Å². The molecule has 2 aromatic carbocycles. The number of aromatic hydroxyl groups is 1. The number of thioether (sulfide) groups is 1. The number of carboxylic acids is 1. The van der Waals surface area contributed by atoms with E-state index < -0.39 is 35.4 Å². The molecule has 154 valence electrons. The first kappa shape index (κ1) is 21.5. The van der Waals surface area contributed by atoms with Crippen molar-refractivity contribution in [3.63, 3.8) is 0 Å². The van der Waals surface area contributed by atoms with Gasteiger partial charge in [-0.25, -0.2) is 9.18 Å². The van der Waals surface area contributed by atoms with E-state index in [1.165, 1.54) is 37.3 Å². The summed E-state index contributed by atoms with van der Waals surface area (Å²) < 4.78 is 13.2. The van der Waals surface area contributed by atoms with Crippen molar-refractivity contribution in [2.45, 2.75) is 13.0 Å². The highest BCUT2D eigenvalue weighted by molar-refractivity contribution is 8.26. The van der Waals surface area contributed by atoms with Crippen molar-refractivity contribution < 1.29 is 29.0 Å². The lowest BCUT2D eigenvalue weighted by Gasteiger charge is -2.22. The largest absolute Gasteiger partial charge is 0.507 e. The molecule has 2 amide bonds. The molecule has 0 saturated carbocycles. The van der Waals surface area contributed by atoms with Crippen molar-refractivity contribution in [2.24, 2.45) is 0 Å². The van der Waals surface area contributed by atoms with Gasteiger partial charge in [-0.3, -0.25) is 14.5 Å². The molecule has 1 heterocycles. The van der Waals surface area contributed by atoms with Gasteiger partial charge < -0.3 is 15.5 Å². The fraction of sp³-hybridized carbons (Fsp3) is 0.100. The van der Waals surface area contributed by atoms with E-state index in [1.807, 2.05) is 0 Å². The Bertz CT molecular complexity index is 1090. The molecule has 1 fully saturated rings. The Morgan fingerprint density at radius 2 is 1.90 bits per heavy atom. The van der Waals surface area contributed by atoms with E-state index in [-0.39, 0.29) is 15.6 Å². The van der Waals surface area contributed by atoms with Crippen molar-refractivity contribution in [1.29, 1.82) is 0 Å². The Labute approximate surface area is 180 Å². The van der Waals surface area contributed by atoms with Crippen molar-refractivity contribution in [3.05, 3.63) is 64.3 Å². The number of carbonyl (C=O) groups excluding carboxylic acids is 2. The van der Waals surface area contributed by atoms with Crippen molar-refractivity contribution in [3.8, 4) is 5.75 Å². The van der Waals surface area contributed by atoms with Crippen LogP contribution in [-0.2, 0) is 9.59 Å². The zero-order valence-corrected chi connectivity index (χ0v) is 17.1. The molecule has 3 N–H and O–H groups in total. The number of phenols is 1.